The fourth-order valence-electron chi connectivity index (χ4n) is 2.59. The summed E-state index contributed by atoms with van der Waals surface area (Å²) in [5.74, 6) is 0. The van der Waals surface area contributed by atoms with Crippen molar-refractivity contribution < 1.29 is 8.42 Å². The molecule has 1 aromatic heterocycles. The van der Waals surface area contributed by atoms with Crippen molar-refractivity contribution >= 4 is 27.0 Å². The molecule has 1 unspecified atom stereocenters. The molecule has 0 fully saturated rings. The Kier molecular flexibility index (Phi) is 4.01. The number of sulfonamides is 1. The second-order valence-corrected chi connectivity index (χ2v) is 7.85. The van der Waals surface area contributed by atoms with Crippen molar-refractivity contribution in [1.82, 2.24) is 4.72 Å². The van der Waals surface area contributed by atoms with Gasteiger partial charge in [0.2, 0.25) is 10.0 Å². The summed E-state index contributed by atoms with van der Waals surface area (Å²) in [5, 5.41) is 7.29. The maximum absolute atomic E-state index is 12.4. The minimum atomic E-state index is -3.46. The topological polar surface area (TPSA) is 58.2 Å². The average molecular weight is 322 g/mol. The van der Waals surface area contributed by atoms with Crippen LogP contribution < -0.4 is 10.0 Å². The lowest BCUT2D eigenvalue weighted by Crippen LogP contribution is -2.34. The van der Waals surface area contributed by atoms with Gasteiger partial charge in [0.15, 0.2) is 0 Å². The highest BCUT2D eigenvalue weighted by atomic mass is 32.2. The number of nitrogens with one attached hydrogen (secondary N) is 2. The van der Waals surface area contributed by atoms with Crippen LogP contribution in [-0.4, -0.2) is 21.0 Å². The third kappa shape index (κ3) is 3.28. The molecule has 0 spiro atoms. The molecule has 1 atom stereocenters. The fraction of sp³-hybridized carbons (Fsp3) is 0.333. The van der Waals surface area contributed by atoms with E-state index < -0.39 is 10.0 Å². The third-order valence-electron chi connectivity index (χ3n) is 3.58. The van der Waals surface area contributed by atoms with Crippen molar-refractivity contribution in [3.05, 3.63) is 46.2 Å². The zero-order valence-electron chi connectivity index (χ0n) is 11.8. The predicted molar refractivity (Wildman–Crippen MR) is 86.4 cm³/mol. The lowest BCUT2D eigenvalue weighted by Gasteiger charge is -2.14. The monoisotopic (exact) mass is 322 g/mol. The second kappa shape index (κ2) is 5.79. The number of hydrogen-bond acceptors (Lipinski definition) is 4. The fourth-order valence-corrected chi connectivity index (χ4v) is 4.56. The third-order valence-corrected chi connectivity index (χ3v) is 5.89. The minimum absolute atomic E-state index is 0.129. The summed E-state index contributed by atoms with van der Waals surface area (Å²) in [6.07, 6.45) is 1.58. The number of hydrogen-bond donors (Lipinski definition) is 2. The van der Waals surface area contributed by atoms with Gasteiger partial charge in [-0.1, -0.05) is 0 Å². The van der Waals surface area contributed by atoms with Gasteiger partial charge in [0.25, 0.3) is 0 Å². The van der Waals surface area contributed by atoms with Crippen LogP contribution in [0.4, 0.5) is 5.69 Å². The Morgan fingerprint density at radius 2 is 2.24 bits per heavy atom. The zero-order chi connectivity index (χ0) is 14.9. The van der Waals surface area contributed by atoms with E-state index in [-0.39, 0.29) is 6.04 Å². The molecule has 4 nitrogen and oxygen atoms in total. The van der Waals surface area contributed by atoms with E-state index in [0.717, 1.165) is 29.8 Å². The van der Waals surface area contributed by atoms with Gasteiger partial charge < -0.3 is 5.32 Å². The van der Waals surface area contributed by atoms with E-state index in [1.165, 1.54) is 0 Å². The quantitative estimate of drug-likeness (QED) is 0.890. The number of anilines is 1. The van der Waals surface area contributed by atoms with Crippen molar-refractivity contribution in [1.29, 1.82) is 0 Å². The molecule has 6 heteroatoms. The van der Waals surface area contributed by atoms with Gasteiger partial charge in [0.1, 0.15) is 0 Å². The van der Waals surface area contributed by atoms with E-state index in [4.69, 9.17) is 0 Å². The molecule has 0 saturated carbocycles. The van der Waals surface area contributed by atoms with Gasteiger partial charge in [-0.15, -0.1) is 0 Å². The van der Waals surface area contributed by atoms with E-state index >= 15 is 0 Å². The van der Waals surface area contributed by atoms with Gasteiger partial charge >= 0.3 is 0 Å². The molecule has 1 aliphatic rings. The van der Waals surface area contributed by atoms with Crippen molar-refractivity contribution in [2.24, 2.45) is 0 Å². The van der Waals surface area contributed by atoms with E-state index in [1.54, 1.807) is 23.5 Å². The highest BCUT2D eigenvalue weighted by molar-refractivity contribution is 7.89. The number of rotatable bonds is 5. The highest BCUT2D eigenvalue weighted by Crippen LogP contribution is 2.25. The van der Waals surface area contributed by atoms with Crippen LogP contribution in [0.1, 0.15) is 18.1 Å². The van der Waals surface area contributed by atoms with Crippen LogP contribution in [0.3, 0.4) is 0 Å². The van der Waals surface area contributed by atoms with Crippen molar-refractivity contribution in [3.63, 3.8) is 0 Å². The summed E-state index contributed by atoms with van der Waals surface area (Å²) < 4.78 is 27.6. The van der Waals surface area contributed by atoms with E-state index in [1.807, 2.05) is 29.8 Å². The van der Waals surface area contributed by atoms with Gasteiger partial charge in [0.05, 0.1) is 4.90 Å². The second-order valence-electron chi connectivity index (χ2n) is 5.35. The molecule has 21 heavy (non-hydrogen) atoms. The van der Waals surface area contributed by atoms with Crippen molar-refractivity contribution in [2.75, 3.05) is 11.9 Å². The maximum atomic E-state index is 12.4. The van der Waals surface area contributed by atoms with Gasteiger partial charge in [-0.2, -0.15) is 11.3 Å². The van der Waals surface area contributed by atoms with Crippen LogP contribution in [0.2, 0.25) is 0 Å². The first kappa shape index (κ1) is 14.6. The van der Waals surface area contributed by atoms with E-state index in [0.29, 0.717) is 11.3 Å². The Hall–Kier alpha value is -1.37. The van der Waals surface area contributed by atoms with Gasteiger partial charge in [-0.05, 0) is 65.9 Å². The smallest absolute Gasteiger partial charge is 0.240 e. The van der Waals surface area contributed by atoms with Crippen LogP contribution in [0.15, 0.2) is 39.9 Å². The maximum Gasteiger partial charge on any atom is 0.240 e. The molecule has 0 saturated heterocycles. The molecule has 2 N–H and O–H groups in total. The molecule has 112 valence electrons. The summed E-state index contributed by atoms with van der Waals surface area (Å²) in [7, 11) is -3.46. The van der Waals surface area contributed by atoms with Gasteiger partial charge in [0, 0.05) is 18.3 Å². The van der Waals surface area contributed by atoms with Crippen molar-refractivity contribution in [2.45, 2.75) is 30.7 Å². The Balaban J connectivity index is 1.74. The molecule has 3 rings (SSSR count). The number of fused-ring (bicyclic) bond motifs is 1. The molecule has 2 aromatic rings. The van der Waals surface area contributed by atoms with Crippen LogP contribution in [0, 0.1) is 0 Å². The standard InChI is InChI=1S/C15H18N2O2S2/c1-11(8-12-5-7-20-10-12)17-21(18,19)14-2-3-15-13(9-14)4-6-16-15/h2-3,5,7,9-11,16-17H,4,6,8H2,1H3. The van der Waals surface area contributed by atoms with Crippen LogP contribution in [-0.2, 0) is 22.9 Å². The summed E-state index contributed by atoms with van der Waals surface area (Å²) in [6.45, 7) is 2.77. The zero-order valence-corrected chi connectivity index (χ0v) is 13.4. The molecule has 0 bridgehead atoms. The molecule has 1 aromatic carbocycles. The first-order chi connectivity index (χ1) is 10.0. The van der Waals surface area contributed by atoms with E-state index in [9.17, 15) is 8.42 Å². The van der Waals surface area contributed by atoms with Gasteiger partial charge in [-0.25, -0.2) is 13.1 Å². The largest absolute Gasteiger partial charge is 0.384 e. The molecule has 0 radical (unpaired) electrons. The number of thiophene rings is 1. The Bertz CT molecular complexity index is 724. The Morgan fingerprint density at radius 1 is 1.38 bits per heavy atom. The molecule has 0 amide bonds. The SMILES string of the molecule is CC(Cc1ccsc1)NS(=O)(=O)c1ccc2c(c1)CCN2. The van der Waals surface area contributed by atoms with Gasteiger partial charge in [-0.3, -0.25) is 0 Å². The van der Waals surface area contributed by atoms with Crippen LogP contribution in [0.5, 0.6) is 0 Å². The molecular weight excluding hydrogens is 304 g/mol. The van der Waals surface area contributed by atoms with E-state index in [2.05, 4.69) is 10.0 Å². The van der Waals surface area contributed by atoms with Crippen molar-refractivity contribution in [3.8, 4) is 0 Å². The summed E-state index contributed by atoms with van der Waals surface area (Å²) in [6, 6.07) is 7.18. The lowest BCUT2D eigenvalue weighted by molar-refractivity contribution is 0.560. The molecule has 1 aliphatic heterocycles. The Labute approximate surface area is 129 Å². The molecule has 2 heterocycles. The van der Waals surface area contributed by atoms with Crippen LogP contribution in [0.25, 0.3) is 0 Å². The number of benzene rings is 1. The normalized spacial score (nSPS) is 15.5. The Morgan fingerprint density at radius 3 is 3.00 bits per heavy atom. The lowest BCUT2D eigenvalue weighted by atomic mass is 10.1. The average Bonchev–Trinajstić information content (AvgIpc) is 3.07. The summed E-state index contributed by atoms with van der Waals surface area (Å²) in [4.78, 5) is 0.349. The highest BCUT2D eigenvalue weighted by Gasteiger charge is 2.20. The first-order valence-electron chi connectivity index (χ1n) is 6.95. The summed E-state index contributed by atoms with van der Waals surface area (Å²) in [5.41, 5.74) is 3.27. The molecule has 0 aliphatic carbocycles. The van der Waals surface area contributed by atoms with Crippen LogP contribution >= 0.6 is 11.3 Å². The summed E-state index contributed by atoms with van der Waals surface area (Å²) >= 11 is 1.63. The first-order valence-corrected chi connectivity index (χ1v) is 9.37. The molecular formula is C15H18N2O2S2. The predicted octanol–water partition coefficient (Wildman–Crippen LogP) is 2.63. The minimum Gasteiger partial charge on any atom is -0.384 e.